The Balaban J connectivity index is 1.64. The molecule has 2 heterocycles. The van der Waals surface area contributed by atoms with Crippen LogP contribution in [-0.4, -0.2) is 55.7 Å². The zero-order valence-corrected chi connectivity index (χ0v) is 11.9. The molecule has 5 nitrogen and oxygen atoms in total. The van der Waals surface area contributed by atoms with Crippen LogP contribution in [0.5, 0.6) is 0 Å². The quantitative estimate of drug-likeness (QED) is 0.755. The highest BCUT2D eigenvalue weighted by Gasteiger charge is 2.27. The van der Waals surface area contributed by atoms with Gasteiger partial charge in [-0.05, 0) is 25.7 Å². The summed E-state index contributed by atoms with van der Waals surface area (Å²) in [4.78, 5) is 14.1. The van der Waals surface area contributed by atoms with E-state index < -0.39 is 0 Å². The number of hydrogen-bond acceptors (Lipinski definition) is 4. The summed E-state index contributed by atoms with van der Waals surface area (Å²) >= 11 is 0. The Hall–Kier alpha value is -0.650. The zero-order chi connectivity index (χ0) is 13.7. The first-order valence-electron chi connectivity index (χ1n) is 7.55. The van der Waals surface area contributed by atoms with Crippen molar-refractivity contribution < 1.29 is 9.53 Å². The van der Waals surface area contributed by atoms with Gasteiger partial charge in [-0.2, -0.15) is 0 Å². The monoisotopic (exact) mass is 269 g/mol. The first-order valence-corrected chi connectivity index (χ1v) is 7.55. The van der Waals surface area contributed by atoms with Gasteiger partial charge in [0, 0.05) is 38.2 Å². The first-order chi connectivity index (χ1) is 9.19. The van der Waals surface area contributed by atoms with Gasteiger partial charge in [-0.15, -0.1) is 0 Å². The van der Waals surface area contributed by atoms with Crippen LogP contribution in [0.2, 0.25) is 0 Å². The largest absolute Gasteiger partial charge is 0.378 e. The van der Waals surface area contributed by atoms with E-state index in [1.165, 1.54) is 0 Å². The number of carbonyl (C=O) groups is 1. The lowest BCUT2D eigenvalue weighted by Crippen LogP contribution is -2.45. The van der Waals surface area contributed by atoms with E-state index in [4.69, 9.17) is 10.5 Å². The number of likely N-dealkylation sites (tertiary alicyclic amines) is 1. The van der Waals surface area contributed by atoms with E-state index in [0.717, 1.165) is 51.9 Å². The molecule has 0 saturated carbocycles. The van der Waals surface area contributed by atoms with Gasteiger partial charge in [-0.25, -0.2) is 0 Å². The third-order valence-corrected chi connectivity index (χ3v) is 4.31. The van der Waals surface area contributed by atoms with Crippen LogP contribution in [0.25, 0.3) is 0 Å². The van der Waals surface area contributed by atoms with Crippen molar-refractivity contribution in [1.29, 1.82) is 0 Å². The number of nitrogens with two attached hydrogens (primary N) is 1. The summed E-state index contributed by atoms with van der Waals surface area (Å²) < 4.78 is 5.63. The van der Waals surface area contributed by atoms with Crippen LogP contribution in [0.3, 0.4) is 0 Å². The van der Waals surface area contributed by atoms with Gasteiger partial charge in [0.05, 0.1) is 12.6 Å². The van der Waals surface area contributed by atoms with Crippen molar-refractivity contribution in [1.82, 2.24) is 10.2 Å². The third kappa shape index (κ3) is 4.44. The molecule has 2 fully saturated rings. The topological polar surface area (TPSA) is 67.6 Å². The minimum Gasteiger partial charge on any atom is -0.378 e. The Morgan fingerprint density at radius 1 is 1.37 bits per heavy atom. The molecule has 0 spiro atoms. The lowest BCUT2D eigenvalue weighted by atomic mass is 10.00. The molecule has 110 valence electrons. The van der Waals surface area contributed by atoms with Crippen LogP contribution in [-0.2, 0) is 9.53 Å². The SMILES string of the molecule is CCC1OCCC1CNC(=O)CN1CCC(N)CC1. The molecule has 0 bridgehead atoms. The van der Waals surface area contributed by atoms with Crippen LogP contribution in [0.1, 0.15) is 32.6 Å². The Labute approximate surface area is 115 Å². The fourth-order valence-corrected chi connectivity index (χ4v) is 2.99. The highest BCUT2D eigenvalue weighted by Crippen LogP contribution is 2.22. The van der Waals surface area contributed by atoms with Crippen LogP contribution >= 0.6 is 0 Å². The van der Waals surface area contributed by atoms with Gasteiger partial charge >= 0.3 is 0 Å². The Kier molecular flexibility index (Phi) is 5.60. The van der Waals surface area contributed by atoms with E-state index in [9.17, 15) is 4.79 Å². The van der Waals surface area contributed by atoms with E-state index in [2.05, 4.69) is 17.1 Å². The minimum absolute atomic E-state index is 0.136. The molecule has 0 aromatic rings. The molecule has 3 N–H and O–H groups in total. The number of amides is 1. The maximum Gasteiger partial charge on any atom is 0.234 e. The molecular weight excluding hydrogens is 242 g/mol. The summed E-state index contributed by atoms with van der Waals surface area (Å²) in [6, 6.07) is 0.320. The molecule has 2 aliphatic heterocycles. The second-order valence-electron chi connectivity index (χ2n) is 5.78. The van der Waals surface area contributed by atoms with Crippen LogP contribution in [0, 0.1) is 5.92 Å². The molecule has 0 aromatic heterocycles. The lowest BCUT2D eigenvalue weighted by Gasteiger charge is -2.29. The fraction of sp³-hybridized carbons (Fsp3) is 0.929. The van der Waals surface area contributed by atoms with Gasteiger partial charge in [0.1, 0.15) is 0 Å². The van der Waals surface area contributed by atoms with Crippen molar-refractivity contribution in [3.8, 4) is 0 Å². The molecule has 2 atom stereocenters. The van der Waals surface area contributed by atoms with Gasteiger partial charge in [0.2, 0.25) is 5.91 Å². The molecule has 2 saturated heterocycles. The zero-order valence-electron chi connectivity index (χ0n) is 11.9. The predicted octanol–water partition coefficient (Wildman–Crippen LogP) is 0.341. The summed E-state index contributed by atoms with van der Waals surface area (Å²) in [6.45, 7) is 6.13. The van der Waals surface area contributed by atoms with E-state index in [0.29, 0.717) is 24.6 Å². The molecule has 2 rings (SSSR count). The van der Waals surface area contributed by atoms with Crippen LogP contribution in [0.4, 0.5) is 0 Å². The Morgan fingerprint density at radius 3 is 2.79 bits per heavy atom. The van der Waals surface area contributed by atoms with Crippen molar-refractivity contribution in [2.24, 2.45) is 11.7 Å². The van der Waals surface area contributed by atoms with Gasteiger partial charge in [0.25, 0.3) is 0 Å². The normalized spacial score (nSPS) is 29.6. The van der Waals surface area contributed by atoms with Gasteiger partial charge in [-0.1, -0.05) is 6.92 Å². The summed E-state index contributed by atoms with van der Waals surface area (Å²) in [6.07, 6.45) is 4.43. The summed E-state index contributed by atoms with van der Waals surface area (Å²) in [7, 11) is 0. The molecule has 0 aliphatic carbocycles. The van der Waals surface area contributed by atoms with E-state index >= 15 is 0 Å². The fourth-order valence-electron chi connectivity index (χ4n) is 2.99. The number of carbonyl (C=O) groups excluding carboxylic acids is 1. The van der Waals surface area contributed by atoms with Crippen molar-refractivity contribution in [2.45, 2.75) is 44.8 Å². The molecule has 0 aromatic carbocycles. The van der Waals surface area contributed by atoms with Crippen molar-refractivity contribution in [3.05, 3.63) is 0 Å². The molecule has 1 amide bonds. The molecular formula is C14H27N3O2. The Morgan fingerprint density at radius 2 is 2.11 bits per heavy atom. The number of nitrogens with one attached hydrogen (secondary N) is 1. The summed E-state index contributed by atoms with van der Waals surface area (Å²) in [5, 5.41) is 3.06. The number of nitrogens with zero attached hydrogens (tertiary/aromatic N) is 1. The van der Waals surface area contributed by atoms with Gasteiger partial charge < -0.3 is 15.8 Å². The molecule has 5 heteroatoms. The minimum atomic E-state index is 0.136. The molecule has 0 radical (unpaired) electrons. The second kappa shape index (κ2) is 7.22. The lowest BCUT2D eigenvalue weighted by molar-refractivity contribution is -0.122. The van der Waals surface area contributed by atoms with Crippen molar-refractivity contribution in [3.63, 3.8) is 0 Å². The maximum atomic E-state index is 11.9. The predicted molar refractivity (Wildman–Crippen MR) is 74.8 cm³/mol. The standard InChI is InChI=1S/C14H27N3O2/c1-2-13-11(5-8-19-13)9-16-14(18)10-17-6-3-12(15)4-7-17/h11-13H,2-10,15H2,1H3,(H,16,18). The number of rotatable bonds is 5. The average Bonchev–Trinajstić information content (AvgIpc) is 2.86. The van der Waals surface area contributed by atoms with Gasteiger partial charge in [-0.3, -0.25) is 9.69 Å². The van der Waals surface area contributed by atoms with Gasteiger partial charge in [0.15, 0.2) is 0 Å². The smallest absolute Gasteiger partial charge is 0.234 e. The molecule has 2 aliphatic rings. The van der Waals surface area contributed by atoms with E-state index in [1.807, 2.05) is 0 Å². The highest BCUT2D eigenvalue weighted by molar-refractivity contribution is 5.78. The third-order valence-electron chi connectivity index (χ3n) is 4.31. The number of piperidine rings is 1. The average molecular weight is 269 g/mol. The summed E-state index contributed by atoms with van der Waals surface area (Å²) in [5.74, 6) is 0.626. The second-order valence-corrected chi connectivity index (χ2v) is 5.78. The maximum absolute atomic E-state index is 11.9. The number of hydrogen-bond donors (Lipinski definition) is 2. The molecule has 19 heavy (non-hydrogen) atoms. The van der Waals surface area contributed by atoms with E-state index in [-0.39, 0.29) is 5.91 Å². The van der Waals surface area contributed by atoms with Crippen molar-refractivity contribution >= 4 is 5.91 Å². The van der Waals surface area contributed by atoms with Crippen LogP contribution < -0.4 is 11.1 Å². The first kappa shape index (κ1) is 14.8. The summed E-state index contributed by atoms with van der Waals surface area (Å²) in [5.41, 5.74) is 5.86. The molecule has 2 unspecified atom stereocenters. The Bertz CT molecular complexity index is 290. The van der Waals surface area contributed by atoms with Crippen molar-refractivity contribution in [2.75, 3.05) is 32.8 Å². The number of ether oxygens (including phenoxy) is 1. The highest BCUT2D eigenvalue weighted by atomic mass is 16.5. The van der Waals surface area contributed by atoms with Crippen LogP contribution in [0.15, 0.2) is 0 Å². The van der Waals surface area contributed by atoms with E-state index in [1.54, 1.807) is 0 Å².